The number of benzene rings is 2. The fourth-order valence-electron chi connectivity index (χ4n) is 4.17. The number of hydrogen-bond donors (Lipinski definition) is 0. The molecule has 228 valence electrons. The molecule has 0 aliphatic carbocycles. The van der Waals surface area contributed by atoms with Crippen LogP contribution in [0.2, 0.25) is 0 Å². The summed E-state index contributed by atoms with van der Waals surface area (Å²) in [5.41, 5.74) is 3.06. The van der Waals surface area contributed by atoms with Gasteiger partial charge in [0.25, 0.3) is 0 Å². The summed E-state index contributed by atoms with van der Waals surface area (Å²) >= 11 is 0. The van der Waals surface area contributed by atoms with Gasteiger partial charge < -0.3 is 28.4 Å². The van der Waals surface area contributed by atoms with E-state index in [4.69, 9.17) is 28.4 Å². The molecule has 1 saturated heterocycles. The Morgan fingerprint density at radius 1 is 0.738 bits per heavy atom. The van der Waals surface area contributed by atoms with Crippen LogP contribution < -0.4 is 4.74 Å². The highest BCUT2D eigenvalue weighted by molar-refractivity contribution is 5.87. The lowest BCUT2D eigenvalue weighted by Gasteiger charge is -2.17. The van der Waals surface area contributed by atoms with Crippen molar-refractivity contribution in [2.45, 2.75) is 91.0 Å². The summed E-state index contributed by atoms with van der Waals surface area (Å²) in [6.45, 7) is 13.1. The molecule has 9 heteroatoms. The van der Waals surface area contributed by atoms with E-state index >= 15 is 0 Å². The number of carbonyl (C=O) groups excluding carboxylic acids is 3. The molecule has 9 nitrogen and oxygen atoms in total. The second kappa shape index (κ2) is 16.1. The normalized spacial score (nSPS) is 16.8. The average Bonchev–Trinajstić information content (AvgIpc) is 3.40. The molecular formula is C33H42O9. The first kappa shape index (κ1) is 32.8. The summed E-state index contributed by atoms with van der Waals surface area (Å²) in [4.78, 5) is 36.6. The summed E-state index contributed by atoms with van der Waals surface area (Å²) in [6.07, 6.45) is -0.409. The molecule has 2 aromatic carbocycles. The van der Waals surface area contributed by atoms with Crippen LogP contribution in [0.4, 0.5) is 0 Å². The van der Waals surface area contributed by atoms with Gasteiger partial charge in [-0.25, -0.2) is 14.4 Å². The van der Waals surface area contributed by atoms with Gasteiger partial charge in [0.2, 0.25) is 0 Å². The fraction of sp³-hybridized carbons (Fsp3) is 0.485. The Balaban J connectivity index is 1.50. The van der Waals surface area contributed by atoms with E-state index < -0.39 is 30.4 Å². The largest absolute Gasteiger partial charge is 0.494 e. The molecule has 0 spiro atoms. The van der Waals surface area contributed by atoms with E-state index in [1.807, 2.05) is 48.5 Å². The lowest BCUT2D eigenvalue weighted by Crippen LogP contribution is -2.40. The van der Waals surface area contributed by atoms with Crippen LogP contribution in [0.5, 0.6) is 5.75 Å². The van der Waals surface area contributed by atoms with Crippen LogP contribution in [0.1, 0.15) is 72.2 Å². The molecule has 0 radical (unpaired) electrons. The lowest BCUT2D eigenvalue weighted by molar-refractivity contribution is -0.167. The van der Waals surface area contributed by atoms with Crippen molar-refractivity contribution in [1.82, 2.24) is 0 Å². The Labute approximate surface area is 248 Å². The highest BCUT2D eigenvalue weighted by Gasteiger charge is 2.48. The summed E-state index contributed by atoms with van der Waals surface area (Å²) in [5, 5.41) is 0. The molecule has 2 aromatic rings. The first-order valence-electron chi connectivity index (χ1n) is 14.4. The maximum absolute atomic E-state index is 12.6. The zero-order valence-corrected chi connectivity index (χ0v) is 25.1. The van der Waals surface area contributed by atoms with Gasteiger partial charge in [0.05, 0.1) is 25.4 Å². The van der Waals surface area contributed by atoms with Crippen molar-refractivity contribution in [3.05, 3.63) is 66.2 Å². The van der Waals surface area contributed by atoms with Gasteiger partial charge in [-0.3, -0.25) is 0 Å². The van der Waals surface area contributed by atoms with E-state index in [9.17, 15) is 14.4 Å². The van der Waals surface area contributed by atoms with E-state index in [1.54, 1.807) is 34.6 Å². The minimum atomic E-state index is -1.22. The summed E-state index contributed by atoms with van der Waals surface area (Å²) < 4.78 is 33.2. The van der Waals surface area contributed by atoms with Crippen molar-refractivity contribution in [2.24, 2.45) is 0 Å². The zero-order valence-electron chi connectivity index (χ0n) is 25.1. The predicted octanol–water partition coefficient (Wildman–Crippen LogP) is 6.10. The first-order chi connectivity index (χ1) is 20.0. The van der Waals surface area contributed by atoms with Crippen LogP contribution >= 0.6 is 0 Å². The van der Waals surface area contributed by atoms with Gasteiger partial charge in [0, 0.05) is 11.1 Å². The molecule has 2 atom stereocenters. The Hall–Kier alpha value is -3.69. The third-order valence-electron chi connectivity index (χ3n) is 6.24. The van der Waals surface area contributed by atoms with Crippen molar-refractivity contribution >= 4 is 17.9 Å². The molecule has 0 bridgehead atoms. The van der Waals surface area contributed by atoms with E-state index in [0.717, 1.165) is 42.6 Å². The van der Waals surface area contributed by atoms with Crippen molar-refractivity contribution in [3.63, 3.8) is 0 Å². The van der Waals surface area contributed by atoms with Crippen LogP contribution in [0.15, 0.2) is 60.7 Å². The Morgan fingerprint density at radius 2 is 1.21 bits per heavy atom. The molecule has 0 saturated carbocycles. The molecule has 1 aliphatic rings. The van der Waals surface area contributed by atoms with Gasteiger partial charge in [0.15, 0.2) is 18.5 Å². The van der Waals surface area contributed by atoms with E-state index in [-0.39, 0.29) is 18.2 Å². The molecule has 0 unspecified atom stereocenters. The molecule has 0 amide bonds. The second-order valence-corrected chi connectivity index (χ2v) is 10.7. The van der Waals surface area contributed by atoms with Gasteiger partial charge in [-0.2, -0.15) is 0 Å². The number of ether oxygens (including phenoxy) is 6. The third-order valence-corrected chi connectivity index (χ3v) is 6.24. The monoisotopic (exact) mass is 582 g/mol. The fourth-order valence-corrected chi connectivity index (χ4v) is 4.17. The molecule has 1 fully saturated rings. The van der Waals surface area contributed by atoms with Crippen LogP contribution in [0.3, 0.4) is 0 Å². The SMILES string of the molecule is C=C(C)C(=O)OCCCCCCOc1ccc(-c2ccc(C3O[C@@H](C(=O)OC(C)C)[C@H](C(=O)OC(C)C)O3)cc2)cc1. The summed E-state index contributed by atoms with van der Waals surface area (Å²) in [5.74, 6) is -0.887. The van der Waals surface area contributed by atoms with Gasteiger partial charge in [-0.05, 0) is 83.6 Å². The number of unbranched alkanes of at least 4 members (excludes halogenated alkanes) is 3. The lowest BCUT2D eigenvalue weighted by atomic mass is 10.0. The first-order valence-corrected chi connectivity index (χ1v) is 14.4. The molecule has 0 aromatic heterocycles. The smallest absolute Gasteiger partial charge is 0.339 e. The van der Waals surface area contributed by atoms with Gasteiger partial charge >= 0.3 is 17.9 Å². The van der Waals surface area contributed by atoms with Crippen molar-refractivity contribution in [1.29, 1.82) is 0 Å². The Morgan fingerprint density at radius 3 is 1.69 bits per heavy atom. The summed E-state index contributed by atoms with van der Waals surface area (Å²) in [7, 11) is 0. The quantitative estimate of drug-likeness (QED) is 0.107. The number of hydrogen-bond acceptors (Lipinski definition) is 9. The number of rotatable bonds is 15. The van der Waals surface area contributed by atoms with E-state index in [1.165, 1.54) is 0 Å². The van der Waals surface area contributed by atoms with Gasteiger partial charge in [0.1, 0.15) is 5.75 Å². The third kappa shape index (κ3) is 9.99. The second-order valence-electron chi connectivity index (χ2n) is 10.7. The highest BCUT2D eigenvalue weighted by Crippen LogP contribution is 2.34. The van der Waals surface area contributed by atoms with Crippen molar-refractivity contribution in [3.8, 4) is 16.9 Å². The van der Waals surface area contributed by atoms with E-state index in [0.29, 0.717) is 24.4 Å². The predicted molar refractivity (Wildman–Crippen MR) is 157 cm³/mol. The van der Waals surface area contributed by atoms with Crippen LogP contribution in [-0.4, -0.2) is 55.5 Å². The molecular weight excluding hydrogens is 540 g/mol. The van der Waals surface area contributed by atoms with Crippen LogP contribution in [-0.2, 0) is 38.1 Å². The minimum Gasteiger partial charge on any atom is -0.494 e. The Kier molecular flexibility index (Phi) is 12.6. The topological polar surface area (TPSA) is 107 Å². The number of esters is 3. The van der Waals surface area contributed by atoms with Crippen LogP contribution in [0.25, 0.3) is 11.1 Å². The maximum Gasteiger partial charge on any atom is 0.339 e. The molecule has 0 N–H and O–H groups in total. The van der Waals surface area contributed by atoms with Crippen molar-refractivity contribution in [2.75, 3.05) is 13.2 Å². The van der Waals surface area contributed by atoms with Crippen LogP contribution in [0, 0.1) is 0 Å². The molecule has 3 rings (SSSR count). The molecule has 42 heavy (non-hydrogen) atoms. The standard InChI is InChI=1S/C33H42O9/c1-21(2)30(34)38-20-10-8-7-9-19-37-27-17-15-25(16-18-27)24-11-13-26(14-12-24)33-41-28(31(35)39-22(3)4)29(42-33)32(36)40-23(5)6/h11-18,22-23,28-29,33H,1,7-10,19-20H2,2-6H3/t28-,29-/m1/s1. The zero-order chi connectivity index (χ0) is 30.6. The molecule has 1 aliphatic heterocycles. The van der Waals surface area contributed by atoms with Gasteiger partial charge in [-0.15, -0.1) is 0 Å². The minimum absolute atomic E-state index is 0.340. The average molecular weight is 583 g/mol. The molecule has 1 heterocycles. The van der Waals surface area contributed by atoms with E-state index in [2.05, 4.69) is 6.58 Å². The number of carbonyl (C=O) groups is 3. The summed E-state index contributed by atoms with van der Waals surface area (Å²) in [6, 6.07) is 15.4. The highest BCUT2D eigenvalue weighted by atomic mass is 16.8. The van der Waals surface area contributed by atoms with Crippen molar-refractivity contribution < 1.29 is 42.8 Å². The van der Waals surface area contributed by atoms with Gasteiger partial charge in [-0.1, -0.05) is 43.0 Å². The Bertz CT molecular complexity index is 1160. The maximum atomic E-state index is 12.6.